The molecule has 0 fully saturated rings. The number of hydrogen-bond acceptors (Lipinski definition) is 3. The van der Waals surface area contributed by atoms with Crippen LogP contribution < -0.4 is 0 Å². The first kappa shape index (κ1) is 7.79. The highest BCUT2D eigenvalue weighted by atomic mass is 16.4. The SMILES string of the molecule is Cc1ccn2c(C=NO)cnc2c1. The van der Waals surface area contributed by atoms with Crippen molar-refractivity contribution < 1.29 is 5.21 Å². The van der Waals surface area contributed by atoms with Crippen molar-refractivity contribution in [1.82, 2.24) is 9.38 Å². The molecule has 0 saturated carbocycles. The molecule has 0 saturated heterocycles. The summed E-state index contributed by atoms with van der Waals surface area (Å²) in [6.07, 6.45) is 4.92. The average Bonchev–Trinajstić information content (AvgIpc) is 2.49. The molecule has 0 radical (unpaired) electrons. The van der Waals surface area contributed by atoms with Crippen molar-refractivity contribution in [3.8, 4) is 0 Å². The minimum absolute atomic E-state index is 0.762. The van der Waals surface area contributed by atoms with Gasteiger partial charge < -0.3 is 5.21 Å². The van der Waals surface area contributed by atoms with Crippen molar-refractivity contribution in [2.24, 2.45) is 5.16 Å². The number of aryl methyl sites for hydroxylation is 1. The van der Waals surface area contributed by atoms with Crippen molar-refractivity contribution >= 4 is 11.9 Å². The normalized spacial score (nSPS) is 11.5. The molecule has 13 heavy (non-hydrogen) atoms. The van der Waals surface area contributed by atoms with Gasteiger partial charge in [0.25, 0.3) is 0 Å². The summed E-state index contributed by atoms with van der Waals surface area (Å²) in [5.74, 6) is 0. The lowest BCUT2D eigenvalue weighted by molar-refractivity contribution is 0.321. The molecule has 2 heterocycles. The molecule has 2 rings (SSSR count). The molecular formula is C9H9N3O. The lowest BCUT2D eigenvalue weighted by atomic mass is 10.3. The Bertz CT molecular complexity index is 459. The smallest absolute Gasteiger partial charge is 0.137 e. The van der Waals surface area contributed by atoms with Gasteiger partial charge in [0.15, 0.2) is 0 Å². The van der Waals surface area contributed by atoms with Crippen LogP contribution in [0, 0.1) is 6.92 Å². The van der Waals surface area contributed by atoms with Crippen LogP contribution >= 0.6 is 0 Å². The first-order chi connectivity index (χ1) is 6.31. The van der Waals surface area contributed by atoms with Gasteiger partial charge in [0.1, 0.15) is 5.65 Å². The highest BCUT2D eigenvalue weighted by molar-refractivity contribution is 5.78. The van der Waals surface area contributed by atoms with Gasteiger partial charge in [-0.3, -0.25) is 4.40 Å². The van der Waals surface area contributed by atoms with E-state index in [0.29, 0.717) is 0 Å². The van der Waals surface area contributed by atoms with Crippen molar-refractivity contribution in [2.75, 3.05) is 0 Å². The van der Waals surface area contributed by atoms with Crippen LogP contribution in [0.25, 0.3) is 5.65 Å². The number of oxime groups is 1. The Labute approximate surface area is 75.1 Å². The van der Waals surface area contributed by atoms with E-state index in [2.05, 4.69) is 10.1 Å². The summed E-state index contributed by atoms with van der Waals surface area (Å²) in [7, 11) is 0. The van der Waals surface area contributed by atoms with E-state index >= 15 is 0 Å². The average molecular weight is 175 g/mol. The Kier molecular flexibility index (Phi) is 1.73. The second-order valence-corrected chi connectivity index (χ2v) is 2.86. The third-order valence-electron chi connectivity index (χ3n) is 1.89. The number of aromatic nitrogens is 2. The van der Waals surface area contributed by atoms with Crippen LogP contribution in [0.3, 0.4) is 0 Å². The topological polar surface area (TPSA) is 49.9 Å². The molecule has 0 atom stereocenters. The fourth-order valence-electron chi connectivity index (χ4n) is 1.26. The van der Waals surface area contributed by atoms with Gasteiger partial charge in [-0.2, -0.15) is 0 Å². The summed E-state index contributed by atoms with van der Waals surface area (Å²) in [6, 6.07) is 3.94. The third-order valence-corrected chi connectivity index (χ3v) is 1.89. The molecular weight excluding hydrogens is 166 g/mol. The lowest BCUT2D eigenvalue weighted by Gasteiger charge is -1.96. The monoisotopic (exact) mass is 175 g/mol. The summed E-state index contributed by atoms with van der Waals surface area (Å²) in [4.78, 5) is 4.16. The summed E-state index contributed by atoms with van der Waals surface area (Å²) in [6.45, 7) is 2.01. The standard InChI is InChI=1S/C9H9N3O/c1-7-2-3-12-8(6-11-13)5-10-9(12)4-7/h2-6,13H,1H3. The maximum atomic E-state index is 8.38. The van der Waals surface area contributed by atoms with Gasteiger partial charge in [-0.1, -0.05) is 5.16 Å². The van der Waals surface area contributed by atoms with Crippen molar-refractivity contribution in [2.45, 2.75) is 6.92 Å². The van der Waals surface area contributed by atoms with Gasteiger partial charge in [-0.25, -0.2) is 4.98 Å². The predicted molar refractivity (Wildman–Crippen MR) is 49.3 cm³/mol. The highest BCUT2D eigenvalue weighted by Crippen LogP contribution is 2.06. The Hall–Kier alpha value is -1.84. The summed E-state index contributed by atoms with van der Waals surface area (Å²) in [5.41, 5.74) is 2.78. The Morgan fingerprint density at radius 3 is 3.23 bits per heavy atom. The molecule has 0 unspecified atom stereocenters. The first-order valence-electron chi connectivity index (χ1n) is 3.92. The zero-order valence-corrected chi connectivity index (χ0v) is 7.18. The molecule has 0 aliphatic rings. The van der Waals surface area contributed by atoms with Gasteiger partial charge in [0, 0.05) is 6.20 Å². The van der Waals surface area contributed by atoms with E-state index < -0.39 is 0 Å². The predicted octanol–water partition coefficient (Wildman–Crippen LogP) is 1.45. The van der Waals surface area contributed by atoms with Crippen LogP contribution in [0.4, 0.5) is 0 Å². The Balaban J connectivity index is 2.68. The molecule has 2 aromatic heterocycles. The van der Waals surface area contributed by atoms with Gasteiger partial charge in [0.2, 0.25) is 0 Å². The van der Waals surface area contributed by atoms with Crippen LogP contribution in [0.5, 0.6) is 0 Å². The van der Waals surface area contributed by atoms with Crippen LogP contribution in [0.15, 0.2) is 29.7 Å². The van der Waals surface area contributed by atoms with E-state index in [1.165, 1.54) is 6.21 Å². The number of fused-ring (bicyclic) bond motifs is 1. The van der Waals surface area contributed by atoms with E-state index in [-0.39, 0.29) is 0 Å². The van der Waals surface area contributed by atoms with Gasteiger partial charge >= 0.3 is 0 Å². The van der Waals surface area contributed by atoms with Crippen LogP contribution in [0.2, 0.25) is 0 Å². The van der Waals surface area contributed by atoms with E-state index in [1.54, 1.807) is 6.20 Å². The van der Waals surface area contributed by atoms with E-state index in [4.69, 9.17) is 5.21 Å². The number of imidazole rings is 1. The van der Waals surface area contributed by atoms with Gasteiger partial charge in [0.05, 0.1) is 18.1 Å². The van der Waals surface area contributed by atoms with E-state index in [9.17, 15) is 0 Å². The fourth-order valence-corrected chi connectivity index (χ4v) is 1.26. The maximum Gasteiger partial charge on any atom is 0.137 e. The summed E-state index contributed by atoms with van der Waals surface area (Å²) in [5, 5.41) is 11.3. The largest absolute Gasteiger partial charge is 0.411 e. The molecule has 2 aromatic rings. The third kappa shape index (κ3) is 1.26. The number of hydrogen-bond donors (Lipinski definition) is 1. The molecule has 0 amide bonds. The van der Waals surface area contributed by atoms with E-state index in [0.717, 1.165) is 16.9 Å². The second kappa shape index (κ2) is 2.90. The lowest BCUT2D eigenvalue weighted by Crippen LogP contribution is -1.90. The molecule has 66 valence electrons. The van der Waals surface area contributed by atoms with Gasteiger partial charge in [-0.05, 0) is 24.6 Å². The maximum absolute atomic E-state index is 8.38. The van der Waals surface area contributed by atoms with Gasteiger partial charge in [-0.15, -0.1) is 0 Å². The molecule has 4 nitrogen and oxygen atoms in total. The molecule has 0 bridgehead atoms. The fraction of sp³-hybridized carbons (Fsp3) is 0.111. The summed E-state index contributed by atoms with van der Waals surface area (Å²) < 4.78 is 1.85. The Morgan fingerprint density at radius 2 is 2.46 bits per heavy atom. The minimum atomic E-state index is 0.762. The minimum Gasteiger partial charge on any atom is -0.411 e. The second-order valence-electron chi connectivity index (χ2n) is 2.86. The molecule has 1 N–H and O–H groups in total. The van der Waals surface area contributed by atoms with Crippen molar-refractivity contribution in [3.05, 3.63) is 35.8 Å². The Morgan fingerprint density at radius 1 is 1.62 bits per heavy atom. The first-order valence-corrected chi connectivity index (χ1v) is 3.92. The van der Waals surface area contributed by atoms with Crippen molar-refractivity contribution in [1.29, 1.82) is 0 Å². The van der Waals surface area contributed by atoms with Crippen LogP contribution in [-0.2, 0) is 0 Å². The zero-order chi connectivity index (χ0) is 9.26. The van der Waals surface area contributed by atoms with E-state index in [1.807, 2.05) is 29.7 Å². The molecule has 0 aliphatic carbocycles. The number of nitrogens with zero attached hydrogens (tertiary/aromatic N) is 3. The van der Waals surface area contributed by atoms with Crippen LogP contribution in [0.1, 0.15) is 11.3 Å². The number of pyridine rings is 1. The van der Waals surface area contributed by atoms with Crippen molar-refractivity contribution in [3.63, 3.8) is 0 Å². The molecule has 4 heteroatoms. The highest BCUT2D eigenvalue weighted by Gasteiger charge is 1.99. The molecule has 0 aliphatic heterocycles. The number of rotatable bonds is 1. The zero-order valence-electron chi connectivity index (χ0n) is 7.18. The quantitative estimate of drug-likeness (QED) is 0.405. The molecule has 0 aromatic carbocycles. The van der Waals surface area contributed by atoms with Crippen LogP contribution in [-0.4, -0.2) is 20.8 Å². The molecule has 0 spiro atoms. The summed E-state index contributed by atoms with van der Waals surface area (Å²) >= 11 is 0.